The predicted molar refractivity (Wildman–Crippen MR) is 76.9 cm³/mol. The maximum atomic E-state index is 2.37. The standard InChI is InChI=1S/C10H17Si.C5H5.Ni/c1-4-8-6-7-10(11-3)9(8)5-2;1-2-4-5-3-1;/h6-7H,4-5,11H2,1-3H3;1-5H;/q2*-1;+2. The van der Waals surface area contributed by atoms with Crippen LogP contribution in [0.5, 0.6) is 0 Å². The Morgan fingerprint density at radius 1 is 1.18 bits per heavy atom. The van der Waals surface area contributed by atoms with Crippen molar-refractivity contribution in [2.45, 2.75) is 33.2 Å². The topological polar surface area (TPSA) is 0 Å². The Bertz CT molecular complexity index is 335. The van der Waals surface area contributed by atoms with Crippen molar-refractivity contribution in [2.75, 3.05) is 0 Å². The van der Waals surface area contributed by atoms with Gasteiger partial charge in [-0.15, -0.1) is 0 Å². The van der Waals surface area contributed by atoms with E-state index < -0.39 is 0 Å². The molecule has 0 aliphatic carbocycles. The van der Waals surface area contributed by atoms with Crippen molar-refractivity contribution in [3.63, 3.8) is 0 Å². The zero-order valence-corrected chi connectivity index (χ0v) is 13.4. The molecule has 0 N–H and O–H groups in total. The Kier molecular flexibility index (Phi) is 9.11. The maximum Gasteiger partial charge on any atom is 2.00 e. The molecular weight excluding hydrogens is 267 g/mol. The summed E-state index contributed by atoms with van der Waals surface area (Å²) in [6.07, 6.45) is 2.43. The molecule has 17 heavy (non-hydrogen) atoms. The van der Waals surface area contributed by atoms with Crippen LogP contribution in [0.3, 0.4) is 0 Å². The van der Waals surface area contributed by atoms with Gasteiger partial charge in [-0.3, -0.25) is 0 Å². The average molecular weight is 289 g/mol. The van der Waals surface area contributed by atoms with Crippen molar-refractivity contribution in [1.29, 1.82) is 0 Å². The van der Waals surface area contributed by atoms with Crippen molar-refractivity contribution in [3.05, 3.63) is 53.6 Å². The molecule has 2 rings (SSSR count). The van der Waals surface area contributed by atoms with Gasteiger partial charge in [-0.2, -0.15) is 40.6 Å². The second-order valence-electron chi connectivity index (χ2n) is 3.89. The molecular formula is C15H22NiSi. The van der Waals surface area contributed by atoms with Gasteiger partial charge in [-0.05, 0) is 9.52 Å². The van der Waals surface area contributed by atoms with E-state index in [2.05, 4.69) is 32.5 Å². The predicted octanol–water partition coefficient (Wildman–Crippen LogP) is 2.78. The fourth-order valence-electron chi connectivity index (χ4n) is 2.05. The molecule has 0 aliphatic rings. The smallest absolute Gasteiger partial charge is 0.214 e. The molecule has 0 spiro atoms. The van der Waals surface area contributed by atoms with E-state index in [0.29, 0.717) is 0 Å². The van der Waals surface area contributed by atoms with Gasteiger partial charge in [0.2, 0.25) is 0 Å². The van der Waals surface area contributed by atoms with Crippen LogP contribution in [0, 0.1) is 0 Å². The Hall–Kier alpha value is -0.590. The van der Waals surface area contributed by atoms with Crippen LogP contribution in [-0.4, -0.2) is 9.52 Å². The third-order valence-electron chi connectivity index (χ3n) is 2.93. The molecule has 0 saturated heterocycles. The van der Waals surface area contributed by atoms with Crippen LogP contribution in [-0.2, 0) is 29.3 Å². The summed E-state index contributed by atoms with van der Waals surface area (Å²) in [5.74, 6) is 0. The van der Waals surface area contributed by atoms with Crippen LogP contribution in [0.1, 0.15) is 25.0 Å². The Morgan fingerprint density at radius 3 is 2.18 bits per heavy atom. The van der Waals surface area contributed by atoms with Crippen LogP contribution >= 0.6 is 0 Å². The summed E-state index contributed by atoms with van der Waals surface area (Å²) >= 11 is 0. The molecule has 0 nitrogen and oxygen atoms in total. The first-order valence-electron chi connectivity index (χ1n) is 6.26. The van der Waals surface area contributed by atoms with E-state index in [1.807, 2.05) is 30.3 Å². The van der Waals surface area contributed by atoms with Gasteiger partial charge >= 0.3 is 16.5 Å². The normalized spacial score (nSPS) is 9.82. The zero-order chi connectivity index (χ0) is 11.8. The van der Waals surface area contributed by atoms with Gasteiger partial charge in [0.25, 0.3) is 0 Å². The van der Waals surface area contributed by atoms with Crippen molar-refractivity contribution < 1.29 is 16.5 Å². The summed E-state index contributed by atoms with van der Waals surface area (Å²) in [7, 11) is 0.0629. The summed E-state index contributed by atoms with van der Waals surface area (Å²) in [4.78, 5) is 0. The molecule has 0 amide bonds. The molecule has 0 radical (unpaired) electrons. The SMILES string of the molecule is CCc1cc[c-]([SiH2]C)c1CC.[Ni+2].c1cc[cH-]c1. The van der Waals surface area contributed by atoms with E-state index >= 15 is 0 Å². The van der Waals surface area contributed by atoms with E-state index in [1.165, 1.54) is 12.8 Å². The molecule has 0 aromatic heterocycles. The summed E-state index contributed by atoms with van der Waals surface area (Å²) in [6, 6.07) is 14.6. The minimum absolute atomic E-state index is 0. The molecule has 0 saturated carbocycles. The van der Waals surface area contributed by atoms with Crippen molar-refractivity contribution in [3.8, 4) is 0 Å². The van der Waals surface area contributed by atoms with Gasteiger partial charge in [0.05, 0.1) is 0 Å². The Balaban J connectivity index is 0.000000360. The van der Waals surface area contributed by atoms with Crippen LogP contribution in [0.25, 0.3) is 0 Å². The Morgan fingerprint density at radius 2 is 1.82 bits per heavy atom. The minimum Gasteiger partial charge on any atom is -0.214 e. The fraction of sp³-hybridized carbons (Fsp3) is 0.333. The summed E-state index contributed by atoms with van der Waals surface area (Å²) < 4.78 is 0. The number of rotatable bonds is 3. The quantitative estimate of drug-likeness (QED) is 0.602. The van der Waals surface area contributed by atoms with Gasteiger partial charge in [-0.25, -0.2) is 18.2 Å². The Labute approximate surface area is 118 Å². The molecule has 0 fully saturated rings. The van der Waals surface area contributed by atoms with Crippen molar-refractivity contribution in [1.82, 2.24) is 0 Å². The van der Waals surface area contributed by atoms with Gasteiger partial charge in [0, 0.05) is 0 Å². The van der Waals surface area contributed by atoms with Crippen LogP contribution in [0.4, 0.5) is 0 Å². The van der Waals surface area contributed by atoms with Gasteiger partial charge in [0.15, 0.2) is 0 Å². The molecule has 2 aromatic carbocycles. The molecule has 2 heteroatoms. The molecule has 0 atom stereocenters. The van der Waals surface area contributed by atoms with E-state index in [4.69, 9.17) is 0 Å². The van der Waals surface area contributed by atoms with Gasteiger partial charge in [0.1, 0.15) is 0 Å². The van der Waals surface area contributed by atoms with E-state index in [0.717, 1.165) is 0 Å². The fourth-order valence-corrected chi connectivity index (χ4v) is 3.30. The van der Waals surface area contributed by atoms with Gasteiger partial charge in [-0.1, -0.05) is 33.2 Å². The average Bonchev–Trinajstić information content (AvgIpc) is 3.00. The second-order valence-corrected chi connectivity index (χ2v) is 5.35. The van der Waals surface area contributed by atoms with E-state index in [9.17, 15) is 0 Å². The first-order chi connectivity index (χ1) is 7.83. The minimum atomic E-state index is 0. The molecule has 0 aliphatic heterocycles. The van der Waals surface area contributed by atoms with Crippen LogP contribution < -0.4 is 5.19 Å². The number of hydrogen-bond acceptors (Lipinski definition) is 0. The van der Waals surface area contributed by atoms with Gasteiger partial charge < -0.3 is 0 Å². The third kappa shape index (κ3) is 5.06. The van der Waals surface area contributed by atoms with E-state index in [-0.39, 0.29) is 26.0 Å². The van der Waals surface area contributed by atoms with Crippen LogP contribution in [0.15, 0.2) is 42.5 Å². The monoisotopic (exact) mass is 288 g/mol. The number of hydrogen-bond donors (Lipinski definition) is 0. The summed E-state index contributed by atoms with van der Waals surface area (Å²) in [6.45, 7) is 6.88. The van der Waals surface area contributed by atoms with Crippen molar-refractivity contribution in [2.24, 2.45) is 0 Å². The largest absolute Gasteiger partial charge is 2.00 e. The summed E-state index contributed by atoms with van der Waals surface area (Å²) in [5.41, 5.74) is 3.23. The second kappa shape index (κ2) is 9.44. The molecule has 0 bridgehead atoms. The van der Waals surface area contributed by atoms with E-state index in [1.54, 1.807) is 16.3 Å². The molecule has 2 aromatic rings. The maximum absolute atomic E-state index is 2.37. The number of aryl methyl sites for hydroxylation is 1. The van der Waals surface area contributed by atoms with Crippen LogP contribution in [0.2, 0.25) is 6.55 Å². The summed E-state index contributed by atoms with van der Waals surface area (Å²) in [5, 5.41) is 1.68. The first-order valence-corrected chi connectivity index (χ1v) is 8.38. The zero-order valence-electron chi connectivity index (χ0n) is 11.0. The molecule has 0 unspecified atom stereocenters. The first kappa shape index (κ1) is 16.4. The third-order valence-corrected chi connectivity index (χ3v) is 4.36. The molecule has 0 heterocycles. The van der Waals surface area contributed by atoms with Crippen molar-refractivity contribution >= 4 is 14.7 Å². The molecule has 96 valence electrons.